The molecule has 0 rings (SSSR count). The van der Waals surface area contributed by atoms with Gasteiger partial charge in [-0.3, -0.25) is 0 Å². The van der Waals surface area contributed by atoms with E-state index in [-0.39, 0.29) is 0 Å². The second kappa shape index (κ2) is 2.64. The molecule has 0 fully saturated rings. The average Bonchev–Trinajstić information content (AvgIpc) is 1.38. The van der Waals surface area contributed by atoms with Crippen LogP contribution in [0.2, 0.25) is 0 Å². The van der Waals surface area contributed by atoms with Crippen molar-refractivity contribution in [2.24, 2.45) is 0 Å². The zero-order chi connectivity index (χ0) is 4.28. The lowest BCUT2D eigenvalue weighted by molar-refractivity contribution is 0.465. The monoisotopic (exact) mass is 139 g/mol. The molecule has 1 radical (unpaired) electrons. The first-order chi connectivity index (χ1) is 2.27. The molecule has 0 aromatic carbocycles. The standard InChI is InChI=1S/C3H5BrF/c1-2-3(4)5/h3H,1-2H2. The van der Waals surface area contributed by atoms with Crippen molar-refractivity contribution in [3.05, 3.63) is 6.92 Å². The van der Waals surface area contributed by atoms with Crippen molar-refractivity contribution in [1.82, 2.24) is 0 Å². The normalized spacial score (nSPS) is 15.0. The number of alkyl halides is 2. The van der Waals surface area contributed by atoms with Gasteiger partial charge in [0, 0.05) is 0 Å². The average molecular weight is 140 g/mol. The van der Waals surface area contributed by atoms with Gasteiger partial charge in [0.25, 0.3) is 0 Å². The summed E-state index contributed by atoms with van der Waals surface area (Å²) in [4.78, 5) is 0. The van der Waals surface area contributed by atoms with Crippen molar-refractivity contribution in [2.45, 2.75) is 11.5 Å². The summed E-state index contributed by atoms with van der Waals surface area (Å²) in [6.07, 6.45) is 0.306. The van der Waals surface area contributed by atoms with Crippen molar-refractivity contribution in [3.63, 3.8) is 0 Å². The maximum Gasteiger partial charge on any atom is 0.154 e. The highest BCUT2D eigenvalue weighted by Gasteiger charge is 1.88. The highest BCUT2D eigenvalue weighted by molar-refractivity contribution is 9.09. The fourth-order valence-corrected chi connectivity index (χ4v) is 0. The lowest BCUT2D eigenvalue weighted by Crippen LogP contribution is -1.77. The van der Waals surface area contributed by atoms with Crippen LogP contribution in [0.15, 0.2) is 0 Å². The van der Waals surface area contributed by atoms with Crippen molar-refractivity contribution in [2.75, 3.05) is 0 Å². The summed E-state index contributed by atoms with van der Waals surface area (Å²) in [6, 6.07) is 0. The van der Waals surface area contributed by atoms with Crippen LogP contribution in [-0.4, -0.2) is 5.08 Å². The van der Waals surface area contributed by atoms with Crippen molar-refractivity contribution < 1.29 is 4.39 Å². The molecule has 0 nitrogen and oxygen atoms in total. The summed E-state index contributed by atoms with van der Waals surface area (Å²) < 4.78 is 11.3. The van der Waals surface area contributed by atoms with Crippen LogP contribution in [-0.2, 0) is 0 Å². The molecule has 2 heteroatoms. The topological polar surface area (TPSA) is 0 Å². The van der Waals surface area contributed by atoms with Crippen LogP contribution in [0.4, 0.5) is 4.39 Å². The second-order valence-electron chi connectivity index (χ2n) is 0.680. The maximum atomic E-state index is 11.3. The van der Waals surface area contributed by atoms with E-state index in [9.17, 15) is 4.39 Å². The maximum absolute atomic E-state index is 11.3. The van der Waals surface area contributed by atoms with Gasteiger partial charge in [-0.05, 0) is 13.3 Å². The van der Waals surface area contributed by atoms with Gasteiger partial charge >= 0.3 is 0 Å². The van der Waals surface area contributed by atoms with Crippen LogP contribution in [0.5, 0.6) is 0 Å². The van der Waals surface area contributed by atoms with E-state index in [0.29, 0.717) is 6.42 Å². The lowest BCUT2D eigenvalue weighted by atomic mass is 10.6. The Balaban J connectivity index is 2.54. The van der Waals surface area contributed by atoms with E-state index in [1.54, 1.807) is 0 Å². The summed E-state index contributed by atoms with van der Waals surface area (Å²) in [6.45, 7) is 3.26. The molecule has 0 amide bonds. The molecule has 0 heterocycles. The zero-order valence-electron chi connectivity index (χ0n) is 2.75. The third-order valence-corrected chi connectivity index (χ3v) is 0.676. The van der Waals surface area contributed by atoms with Gasteiger partial charge in [-0.25, -0.2) is 4.39 Å². The van der Waals surface area contributed by atoms with Gasteiger partial charge in [-0.15, -0.1) is 0 Å². The summed E-state index contributed by atoms with van der Waals surface area (Å²) in [5, 5.41) is -0.914. The fraction of sp³-hybridized carbons (Fsp3) is 0.667. The molecule has 0 aliphatic heterocycles. The minimum atomic E-state index is -0.914. The molecule has 0 aromatic rings. The predicted molar refractivity (Wildman–Crippen MR) is 23.8 cm³/mol. The molecule has 31 valence electrons. The van der Waals surface area contributed by atoms with Crippen LogP contribution in [0.1, 0.15) is 6.42 Å². The molecule has 0 N–H and O–H groups in total. The Morgan fingerprint density at radius 3 is 2.20 bits per heavy atom. The molecule has 0 spiro atoms. The van der Waals surface area contributed by atoms with Gasteiger partial charge in [-0.2, -0.15) is 0 Å². The van der Waals surface area contributed by atoms with Crippen LogP contribution >= 0.6 is 15.9 Å². The summed E-state index contributed by atoms with van der Waals surface area (Å²) in [5.74, 6) is 0. The Morgan fingerprint density at radius 2 is 2.20 bits per heavy atom. The summed E-state index contributed by atoms with van der Waals surface area (Å²) in [5.41, 5.74) is 0. The van der Waals surface area contributed by atoms with Crippen molar-refractivity contribution >= 4 is 15.9 Å². The molecular weight excluding hydrogens is 135 g/mol. The Bertz CT molecular complexity index is 20.9. The Kier molecular flexibility index (Phi) is 2.85. The third-order valence-electron chi connectivity index (χ3n) is 0.218. The third kappa shape index (κ3) is 4.41. The van der Waals surface area contributed by atoms with Gasteiger partial charge in [0.05, 0.1) is 0 Å². The zero-order valence-corrected chi connectivity index (χ0v) is 4.33. The van der Waals surface area contributed by atoms with Crippen LogP contribution in [0, 0.1) is 6.92 Å². The largest absolute Gasteiger partial charge is 0.235 e. The first-order valence-corrected chi connectivity index (χ1v) is 2.26. The molecular formula is C3H5BrF. The van der Waals surface area contributed by atoms with E-state index in [1.807, 2.05) is 0 Å². The lowest BCUT2D eigenvalue weighted by Gasteiger charge is -1.83. The van der Waals surface area contributed by atoms with Crippen molar-refractivity contribution in [3.8, 4) is 0 Å². The van der Waals surface area contributed by atoms with Gasteiger partial charge < -0.3 is 0 Å². The Morgan fingerprint density at radius 1 is 2.00 bits per heavy atom. The van der Waals surface area contributed by atoms with E-state index in [1.165, 1.54) is 0 Å². The second-order valence-corrected chi connectivity index (χ2v) is 1.67. The Hall–Kier alpha value is 0.410. The minimum Gasteiger partial charge on any atom is -0.235 e. The van der Waals surface area contributed by atoms with E-state index in [4.69, 9.17) is 0 Å². The molecule has 0 aliphatic rings. The van der Waals surface area contributed by atoms with Gasteiger partial charge in [0.15, 0.2) is 5.08 Å². The van der Waals surface area contributed by atoms with Crippen LogP contribution < -0.4 is 0 Å². The van der Waals surface area contributed by atoms with E-state index >= 15 is 0 Å². The van der Waals surface area contributed by atoms with Crippen LogP contribution in [0.25, 0.3) is 0 Å². The SMILES string of the molecule is [CH2]CC(F)Br. The van der Waals surface area contributed by atoms with E-state index in [0.717, 1.165) is 0 Å². The summed E-state index contributed by atoms with van der Waals surface area (Å²) >= 11 is 2.64. The first-order valence-electron chi connectivity index (χ1n) is 1.34. The molecule has 0 aromatic heterocycles. The molecule has 1 unspecified atom stereocenters. The number of halogens is 2. The van der Waals surface area contributed by atoms with Gasteiger partial charge in [-0.1, -0.05) is 15.9 Å². The Labute approximate surface area is 39.5 Å². The van der Waals surface area contributed by atoms with Gasteiger partial charge in [0.2, 0.25) is 0 Å². The van der Waals surface area contributed by atoms with E-state index < -0.39 is 5.08 Å². The summed E-state index contributed by atoms with van der Waals surface area (Å²) in [7, 11) is 0. The molecule has 1 atom stereocenters. The highest BCUT2D eigenvalue weighted by Crippen LogP contribution is 2.02. The smallest absolute Gasteiger partial charge is 0.154 e. The van der Waals surface area contributed by atoms with Gasteiger partial charge in [0.1, 0.15) is 0 Å². The number of rotatable bonds is 1. The first kappa shape index (κ1) is 5.41. The molecule has 0 bridgehead atoms. The minimum absolute atomic E-state index is 0.306. The highest BCUT2D eigenvalue weighted by atomic mass is 79.9. The predicted octanol–water partition coefficient (Wildman–Crippen LogP) is 1.90. The molecule has 0 aliphatic carbocycles. The quantitative estimate of drug-likeness (QED) is 0.488. The van der Waals surface area contributed by atoms with Crippen molar-refractivity contribution in [1.29, 1.82) is 0 Å². The molecule has 5 heavy (non-hydrogen) atoms. The van der Waals surface area contributed by atoms with Crippen LogP contribution in [0.3, 0.4) is 0 Å². The number of hydrogen-bond donors (Lipinski definition) is 0. The molecule has 0 saturated carbocycles. The number of hydrogen-bond acceptors (Lipinski definition) is 0. The molecule has 0 saturated heterocycles. The fourth-order valence-electron chi connectivity index (χ4n) is 0. The van der Waals surface area contributed by atoms with E-state index in [2.05, 4.69) is 22.9 Å².